The van der Waals surface area contributed by atoms with E-state index in [1.165, 1.54) is 28.6 Å². The number of morpholine rings is 1. The van der Waals surface area contributed by atoms with E-state index in [2.05, 4.69) is 5.32 Å². The number of amides is 1. The molecule has 1 aliphatic rings. The molecule has 1 heterocycles. The number of hydrogen-bond acceptors (Lipinski definition) is 5. The van der Waals surface area contributed by atoms with Crippen molar-refractivity contribution in [1.29, 1.82) is 0 Å². The first-order valence-corrected chi connectivity index (χ1v) is 11.0. The summed E-state index contributed by atoms with van der Waals surface area (Å²) in [6.45, 7) is 1.64. The average molecular weight is 439 g/mol. The lowest BCUT2D eigenvalue weighted by Gasteiger charge is -2.26. The summed E-state index contributed by atoms with van der Waals surface area (Å²) in [6, 6.07) is 13.2. The number of benzene rings is 2. The van der Waals surface area contributed by atoms with Gasteiger partial charge in [0.2, 0.25) is 10.0 Å². The number of sulfonamides is 1. The quantitative estimate of drug-likeness (QED) is 0.717. The number of carbonyl (C=O) groups is 1. The highest BCUT2D eigenvalue weighted by Crippen LogP contribution is 2.24. The summed E-state index contributed by atoms with van der Waals surface area (Å²) < 4.78 is 37.3. The highest BCUT2D eigenvalue weighted by atomic mass is 35.5. The van der Waals surface area contributed by atoms with Gasteiger partial charge in [0.05, 0.1) is 18.1 Å². The predicted octanol–water partition coefficient (Wildman–Crippen LogP) is 2.48. The lowest BCUT2D eigenvalue weighted by atomic mass is 10.1. The topological polar surface area (TPSA) is 84.9 Å². The maximum atomic E-state index is 12.7. The molecule has 29 heavy (non-hydrogen) atoms. The monoisotopic (exact) mass is 438 g/mol. The van der Waals surface area contributed by atoms with E-state index in [-0.39, 0.29) is 17.3 Å². The van der Waals surface area contributed by atoms with Crippen molar-refractivity contribution < 1.29 is 22.7 Å². The molecule has 3 rings (SSSR count). The van der Waals surface area contributed by atoms with Crippen LogP contribution in [0.4, 0.5) is 0 Å². The maximum absolute atomic E-state index is 12.7. The molecule has 1 fully saturated rings. The number of ether oxygens (including phenoxy) is 2. The molecule has 0 aliphatic carbocycles. The van der Waals surface area contributed by atoms with E-state index in [4.69, 9.17) is 21.1 Å². The van der Waals surface area contributed by atoms with Gasteiger partial charge < -0.3 is 14.8 Å². The second-order valence-electron chi connectivity index (χ2n) is 6.50. The number of methoxy groups -OCH3 is 1. The van der Waals surface area contributed by atoms with E-state index < -0.39 is 16.1 Å². The number of rotatable bonds is 7. The lowest BCUT2D eigenvalue weighted by Crippen LogP contribution is -2.40. The van der Waals surface area contributed by atoms with E-state index in [0.29, 0.717) is 36.9 Å². The molecule has 0 spiro atoms. The van der Waals surface area contributed by atoms with Crippen LogP contribution >= 0.6 is 11.6 Å². The molecule has 2 aromatic carbocycles. The molecule has 0 saturated carbocycles. The van der Waals surface area contributed by atoms with E-state index in [0.717, 1.165) is 5.56 Å². The zero-order chi connectivity index (χ0) is 20.9. The fourth-order valence-corrected chi connectivity index (χ4v) is 4.72. The van der Waals surface area contributed by atoms with Gasteiger partial charge in [-0.05, 0) is 30.3 Å². The Hall–Kier alpha value is -1.97. The van der Waals surface area contributed by atoms with Crippen LogP contribution in [0, 0.1) is 0 Å². The Morgan fingerprint density at radius 1 is 1.17 bits per heavy atom. The van der Waals surface area contributed by atoms with Crippen LogP contribution in [-0.2, 0) is 19.5 Å². The van der Waals surface area contributed by atoms with Crippen LogP contribution in [0.15, 0.2) is 53.4 Å². The van der Waals surface area contributed by atoms with E-state index in [1.807, 2.05) is 18.2 Å². The van der Waals surface area contributed by atoms with Crippen molar-refractivity contribution in [2.75, 3.05) is 40.0 Å². The third-order valence-electron chi connectivity index (χ3n) is 4.71. The Kier molecular flexibility index (Phi) is 7.26. The standard InChI is InChI=1S/C20H23ClN2O5S/c1-27-19(17-4-2-3-5-18(17)21)14-22-20(24)15-6-8-16(9-7-15)29(25,26)23-10-12-28-13-11-23/h2-9,19H,10-14H2,1H3,(H,22,24). The Morgan fingerprint density at radius 3 is 2.45 bits per heavy atom. The fourth-order valence-electron chi connectivity index (χ4n) is 3.06. The van der Waals surface area contributed by atoms with Gasteiger partial charge in [-0.3, -0.25) is 4.79 Å². The van der Waals surface area contributed by atoms with Gasteiger partial charge >= 0.3 is 0 Å². The molecule has 1 atom stereocenters. The highest BCUT2D eigenvalue weighted by Gasteiger charge is 2.26. The van der Waals surface area contributed by atoms with E-state index >= 15 is 0 Å². The van der Waals surface area contributed by atoms with Crippen LogP contribution in [0.2, 0.25) is 5.02 Å². The summed E-state index contributed by atoms with van der Waals surface area (Å²) in [4.78, 5) is 12.6. The first-order valence-electron chi connectivity index (χ1n) is 9.17. The van der Waals surface area contributed by atoms with Crippen LogP contribution in [-0.4, -0.2) is 58.6 Å². The molecule has 7 nitrogen and oxygen atoms in total. The van der Waals surface area contributed by atoms with Crippen LogP contribution < -0.4 is 5.32 Å². The van der Waals surface area contributed by atoms with Crippen LogP contribution in [0.1, 0.15) is 22.0 Å². The fraction of sp³-hybridized carbons (Fsp3) is 0.350. The molecule has 0 radical (unpaired) electrons. The minimum absolute atomic E-state index is 0.154. The van der Waals surface area contributed by atoms with Crippen molar-refractivity contribution in [3.05, 3.63) is 64.7 Å². The molecule has 1 amide bonds. The number of nitrogens with one attached hydrogen (secondary N) is 1. The zero-order valence-electron chi connectivity index (χ0n) is 16.0. The number of nitrogens with zero attached hydrogens (tertiary/aromatic N) is 1. The summed E-state index contributed by atoms with van der Waals surface area (Å²) in [5.74, 6) is -0.325. The summed E-state index contributed by atoms with van der Waals surface area (Å²) in [7, 11) is -2.04. The van der Waals surface area contributed by atoms with Gasteiger partial charge in [0.1, 0.15) is 6.10 Å². The third kappa shape index (κ3) is 5.15. The molecule has 1 unspecified atom stereocenters. The normalized spacial score (nSPS) is 16.3. The predicted molar refractivity (Wildman–Crippen MR) is 110 cm³/mol. The molecule has 1 saturated heterocycles. The Bertz CT molecular complexity index is 944. The summed E-state index contributed by atoms with van der Waals surface area (Å²) >= 11 is 6.19. The lowest BCUT2D eigenvalue weighted by molar-refractivity contribution is 0.0730. The Morgan fingerprint density at radius 2 is 1.83 bits per heavy atom. The van der Waals surface area contributed by atoms with Crippen molar-refractivity contribution in [3.8, 4) is 0 Å². The van der Waals surface area contributed by atoms with Crippen LogP contribution in [0.25, 0.3) is 0 Å². The molecule has 1 aliphatic heterocycles. The molecular weight excluding hydrogens is 416 g/mol. The number of hydrogen-bond donors (Lipinski definition) is 1. The second-order valence-corrected chi connectivity index (χ2v) is 8.84. The Labute approximate surface area is 175 Å². The third-order valence-corrected chi connectivity index (χ3v) is 6.97. The molecule has 1 N–H and O–H groups in total. The van der Waals surface area contributed by atoms with Gasteiger partial charge in [0.15, 0.2) is 0 Å². The molecule has 0 aromatic heterocycles. The summed E-state index contributed by atoms with van der Waals surface area (Å²) in [5, 5.41) is 3.36. The van der Waals surface area contributed by atoms with Crippen LogP contribution in [0.5, 0.6) is 0 Å². The minimum Gasteiger partial charge on any atom is -0.379 e. The van der Waals surface area contributed by atoms with Crippen molar-refractivity contribution in [1.82, 2.24) is 9.62 Å². The van der Waals surface area contributed by atoms with Crippen LogP contribution in [0.3, 0.4) is 0 Å². The summed E-state index contributed by atoms with van der Waals surface area (Å²) in [6.07, 6.45) is -0.395. The minimum atomic E-state index is -3.59. The van der Waals surface area contributed by atoms with E-state index in [9.17, 15) is 13.2 Å². The molecule has 2 aromatic rings. The zero-order valence-corrected chi connectivity index (χ0v) is 17.6. The summed E-state index contributed by atoms with van der Waals surface area (Å²) in [5.41, 5.74) is 1.14. The number of carbonyl (C=O) groups excluding carboxylic acids is 1. The molecule has 9 heteroatoms. The largest absolute Gasteiger partial charge is 0.379 e. The first kappa shape index (κ1) is 21.7. The van der Waals surface area contributed by atoms with Gasteiger partial charge in [-0.25, -0.2) is 8.42 Å². The SMILES string of the molecule is COC(CNC(=O)c1ccc(S(=O)(=O)N2CCOCC2)cc1)c1ccccc1Cl. The van der Waals surface area contributed by atoms with Crippen molar-refractivity contribution in [3.63, 3.8) is 0 Å². The average Bonchev–Trinajstić information content (AvgIpc) is 2.76. The van der Waals surface area contributed by atoms with Crippen molar-refractivity contribution in [2.45, 2.75) is 11.0 Å². The van der Waals surface area contributed by atoms with Crippen molar-refractivity contribution >= 4 is 27.5 Å². The highest BCUT2D eigenvalue weighted by molar-refractivity contribution is 7.89. The van der Waals surface area contributed by atoms with Gasteiger partial charge in [-0.15, -0.1) is 0 Å². The maximum Gasteiger partial charge on any atom is 0.251 e. The van der Waals surface area contributed by atoms with Gasteiger partial charge in [-0.2, -0.15) is 4.31 Å². The van der Waals surface area contributed by atoms with Gasteiger partial charge in [0.25, 0.3) is 5.91 Å². The van der Waals surface area contributed by atoms with E-state index in [1.54, 1.807) is 13.2 Å². The number of halogens is 1. The molecule has 156 valence electrons. The molecule has 0 bridgehead atoms. The Balaban J connectivity index is 1.65. The molecular formula is C20H23ClN2O5S. The van der Waals surface area contributed by atoms with Gasteiger partial charge in [-0.1, -0.05) is 29.8 Å². The van der Waals surface area contributed by atoms with Gasteiger partial charge in [0, 0.05) is 42.9 Å². The second kappa shape index (κ2) is 9.69. The smallest absolute Gasteiger partial charge is 0.251 e. The first-order chi connectivity index (χ1) is 13.9. The van der Waals surface area contributed by atoms with Crippen molar-refractivity contribution in [2.24, 2.45) is 0 Å².